The van der Waals surface area contributed by atoms with Crippen LogP contribution in [0.2, 0.25) is 0 Å². The number of benzene rings is 3. The van der Waals surface area contributed by atoms with Gasteiger partial charge in [0, 0.05) is 17.0 Å². The third kappa shape index (κ3) is 4.99. The second kappa shape index (κ2) is 9.77. The Bertz CT molecular complexity index is 1150. The molecule has 1 aliphatic rings. The quantitative estimate of drug-likeness (QED) is 0.285. The van der Waals surface area contributed by atoms with Crippen molar-refractivity contribution in [3.05, 3.63) is 82.4 Å². The first-order chi connectivity index (χ1) is 15.4. The first kappa shape index (κ1) is 22.4. The summed E-state index contributed by atoms with van der Waals surface area (Å²) in [6.45, 7) is 2.06. The van der Waals surface area contributed by atoms with E-state index in [4.69, 9.17) is 0 Å². The lowest BCUT2D eigenvalue weighted by molar-refractivity contribution is 0.366. The zero-order chi connectivity index (χ0) is 22.7. The lowest BCUT2D eigenvalue weighted by Gasteiger charge is -2.26. The number of rotatable bonds is 4. The molecule has 1 saturated carbocycles. The van der Waals surface area contributed by atoms with Crippen LogP contribution in [0.4, 0.5) is 17.6 Å². The maximum absolute atomic E-state index is 14.7. The van der Waals surface area contributed by atoms with Crippen molar-refractivity contribution in [2.24, 2.45) is 5.92 Å². The molecule has 3 aromatic rings. The van der Waals surface area contributed by atoms with Gasteiger partial charge >= 0.3 is 0 Å². The van der Waals surface area contributed by atoms with Crippen molar-refractivity contribution in [1.82, 2.24) is 0 Å². The Labute approximate surface area is 186 Å². The number of halogens is 4. The molecule has 0 unspecified atom stereocenters. The van der Waals surface area contributed by atoms with Crippen LogP contribution in [0.3, 0.4) is 0 Å². The van der Waals surface area contributed by atoms with Gasteiger partial charge in [-0.25, -0.2) is 17.6 Å². The van der Waals surface area contributed by atoms with Gasteiger partial charge in [-0.1, -0.05) is 31.3 Å². The topological polar surface area (TPSA) is 0 Å². The molecule has 1 fully saturated rings. The highest BCUT2D eigenvalue weighted by Crippen LogP contribution is 2.38. The Morgan fingerprint density at radius 1 is 0.781 bits per heavy atom. The van der Waals surface area contributed by atoms with Crippen molar-refractivity contribution in [3.8, 4) is 11.8 Å². The van der Waals surface area contributed by atoms with Gasteiger partial charge < -0.3 is 0 Å². The van der Waals surface area contributed by atoms with Crippen LogP contribution in [0, 0.1) is 41.0 Å². The molecule has 0 amide bonds. The van der Waals surface area contributed by atoms with E-state index in [1.165, 1.54) is 24.3 Å². The lowest BCUT2D eigenvalue weighted by Crippen LogP contribution is -2.15. The fourth-order valence-corrected chi connectivity index (χ4v) is 4.58. The van der Waals surface area contributed by atoms with Crippen LogP contribution in [-0.4, -0.2) is 0 Å². The normalized spacial score (nSPS) is 18.4. The van der Waals surface area contributed by atoms with E-state index in [0.717, 1.165) is 36.8 Å². The summed E-state index contributed by atoms with van der Waals surface area (Å²) >= 11 is 0. The molecule has 0 atom stereocenters. The zero-order valence-corrected chi connectivity index (χ0v) is 18.2. The molecule has 166 valence electrons. The van der Waals surface area contributed by atoms with Crippen LogP contribution < -0.4 is 0 Å². The molecule has 4 heteroatoms. The number of hydrogen-bond donors (Lipinski definition) is 0. The third-order valence-corrected chi connectivity index (χ3v) is 6.39. The van der Waals surface area contributed by atoms with Gasteiger partial charge in [-0.05, 0) is 97.2 Å². The fraction of sp³-hybridized carbons (Fsp3) is 0.357. The fourth-order valence-electron chi connectivity index (χ4n) is 4.58. The summed E-state index contributed by atoms with van der Waals surface area (Å²) in [6.07, 6.45) is 5.57. The van der Waals surface area contributed by atoms with Gasteiger partial charge in [-0.15, -0.1) is 0 Å². The molecule has 0 bridgehead atoms. The molecule has 1 aliphatic carbocycles. The van der Waals surface area contributed by atoms with Crippen molar-refractivity contribution in [2.45, 2.75) is 57.8 Å². The highest BCUT2D eigenvalue weighted by atomic mass is 19.2. The molecule has 3 aromatic carbocycles. The Kier molecular flexibility index (Phi) is 6.84. The minimum Gasteiger partial charge on any atom is -0.207 e. The van der Waals surface area contributed by atoms with E-state index in [9.17, 15) is 17.6 Å². The SMILES string of the molecule is CCCCc1cc(F)c(C2CCC(C#Cc3ccc4cc(F)c(F)cc4c3)CC2)c(F)c1. The predicted molar refractivity (Wildman–Crippen MR) is 120 cm³/mol. The van der Waals surface area contributed by atoms with Crippen LogP contribution in [-0.2, 0) is 6.42 Å². The highest BCUT2D eigenvalue weighted by molar-refractivity contribution is 5.84. The first-order valence-electron chi connectivity index (χ1n) is 11.3. The molecule has 0 aliphatic heterocycles. The van der Waals surface area contributed by atoms with Crippen molar-refractivity contribution >= 4 is 10.8 Å². The molecule has 32 heavy (non-hydrogen) atoms. The van der Waals surface area contributed by atoms with E-state index >= 15 is 0 Å². The van der Waals surface area contributed by atoms with Crippen LogP contribution >= 0.6 is 0 Å². The molecule has 0 N–H and O–H groups in total. The second-order valence-corrected chi connectivity index (χ2v) is 8.72. The number of unbranched alkanes of at least 4 members (excludes halogenated alkanes) is 1. The highest BCUT2D eigenvalue weighted by Gasteiger charge is 2.26. The molecule has 0 nitrogen and oxygen atoms in total. The summed E-state index contributed by atoms with van der Waals surface area (Å²) < 4.78 is 56.2. The maximum atomic E-state index is 14.7. The van der Waals surface area contributed by atoms with Crippen molar-refractivity contribution < 1.29 is 17.6 Å². The van der Waals surface area contributed by atoms with Crippen molar-refractivity contribution in [1.29, 1.82) is 0 Å². The van der Waals surface area contributed by atoms with E-state index in [2.05, 4.69) is 18.8 Å². The molecule has 4 rings (SSSR count). The summed E-state index contributed by atoms with van der Waals surface area (Å²) in [5.41, 5.74) is 1.69. The Hall–Kier alpha value is -2.80. The Morgan fingerprint density at radius 3 is 2.09 bits per heavy atom. The number of hydrogen-bond acceptors (Lipinski definition) is 0. The van der Waals surface area contributed by atoms with Crippen LogP contribution in [0.15, 0.2) is 42.5 Å². The monoisotopic (exact) mass is 438 g/mol. The van der Waals surface area contributed by atoms with Gasteiger partial charge in [-0.2, -0.15) is 0 Å². The van der Waals surface area contributed by atoms with Crippen molar-refractivity contribution in [3.63, 3.8) is 0 Å². The van der Waals surface area contributed by atoms with Gasteiger partial charge in [0.2, 0.25) is 0 Å². The smallest absolute Gasteiger partial charge is 0.159 e. The van der Waals surface area contributed by atoms with Gasteiger partial charge in [0.1, 0.15) is 11.6 Å². The minimum absolute atomic E-state index is 0.119. The minimum atomic E-state index is -0.876. The Balaban J connectivity index is 1.42. The van der Waals surface area contributed by atoms with Gasteiger partial charge in [0.25, 0.3) is 0 Å². The summed E-state index contributed by atoms with van der Waals surface area (Å²) in [5.74, 6) is 3.83. The third-order valence-electron chi connectivity index (χ3n) is 6.39. The number of aryl methyl sites for hydroxylation is 1. The molecule has 0 saturated heterocycles. The van der Waals surface area contributed by atoms with Crippen LogP contribution in [0.1, 0.15) is 68.1 Å². The van der Waals surface area contributed by atoms with Crippen LogP contribution in [0.5, 0.6) is 0 Å². The maximum Gasteiger partial charge on any atom is 0.159 e. The van der Waals surface area contributed by atoms with E-state index < -0.39 is 23.3 Å². The molecule has 0 spiro atoms. The molecule has 0 radical (unpaired) electrons. The average molecular weight is 439 g/mol. The molecule has 0 aromatic heterocycles. The standard InChI is InChI=1S/C28H26F4/c1-2-3-4-20-14-26(31)28(27(32)15-20)21-10-7-18(8-11-21)5-6-19-9-12-22-16-24(29)25(30)17-23(22)13-19/h9,12-18,21H,2-4,7-8,10-11H2,1H3. The van der Waals surface area contributed by atoms with Crippen LogP contribution in [0.25, 0.3) is 10.8 Å². The van der Waals surface area contributed by atoms with E-state index in [1.54, 1.807) is 18.2 Å². The largest absolute Gasteiger partial charge is 0.207 e. The molecular weight excluding hydrogens is 412 g/mol. The van der Waals surface area contributed by atoms with E-state index in [0.29, 0.717) is 30.0 Å². The zero-order valence-electron chi connectivity index (χ0n) is 18.2. The summed E-state index contributed by atoms with van der Waals surface area (Å²) in [7, 11) is 0. The first-order valence-corrected chi connectivity index (χ1v) is 11.3. The summed E-state index contributed by atoms with van der Waals surface area (Å²) in [6, 6.07) is 10.6. The Morgan fingerprint density at radius 2 is 1.44 bits per heavy atom. The average Bonchev–Trinajstić information content (AvgIpc) is 2.77. The van der Waals surface area contributed by atoms with E-state index in [-0.39, 0.29) is 17.4 Å². The van der Waals surface area contributed by atoms with Gasteiger partial charge in [-0.3, -0.25) is 0 Å². The molecule has 0 heterocycles. The summed E-state index contributed by atoms with van der Waals surface area (Å²) in [4.78, 5) is 0. The second-order valence-electron chi connectivity index (χ2n) is 8.72. The lowest BCUT2D eigenvalue weighted by atomic mass is 9.78. The molecular formula is C28H26F4. The predicted octanol–water partition coefficient (Wildman–Crippen LogP) is 8.06. The summed E-state index contributed by atoms with van der Waals surface area (Å²) in [5, 5.41) is 1.23. The van der Waals surface area contributed by atoms with Crippen molar-refractivity contribution in [2.75, 3.05) is 0 Å². The van der Waals surface area contributed by atoms with Gasteiger partial charge in [0.15, 0.2) is 11.6 Å². The van der Waals surface area contributed by atoms with E-state index in [1.807, 2.05) is 0 Å². The number of fused-ring (bicyclic) bond motifs is 1. The van der Waals surface area contributed by atoms with Gasteiger partial charge in [0.05, 0.1) is 0 Å².